The molecule has 0 aliphatic heterocycles. The summed E-state index contributed by atoms with van der Waals surface area (Å²) < 4.78 is 33.3. The normalized spacial score (nSPS) is 13.3. The topological polar surface area (TPSA) is 81.4 Å². The smallest absolute Gasteiger partial charge is 0.377 e. The number of rotatable bonds is 11. The van der Waals surface area contributed by atoms with Crippen LogP contribution in [0.5, 0.6) is 0 Å². The molecule has 0 heterocycles. The van der Waals surface area contributed by atoms with Crippen LogP contribution in [0.4, 0.5) is 0 Å². The number of hydrogen-bond donors (Lipinski definition) is 1. The van der Waals surface area contributed by atoms with E-state index in [0.717, 1.165) is 6.42 Å². The van der Waals surface area contributed by atoms with Crippen LogP contribution in [-0.2, 0) is 26.6 Å². The zero-order valence-electron chi connectivity index (χ0n) is 12.7. The highest BCUT2D eigenvalue weighted by atomic mass is 28.5. The molecule has 0 radical (unpaired) electrons. The first-order valence-corrected chi connectivity index (χ1v) is 9.67. The molecule has 0 spiro atoms. The fourth-order valence-electron chi connectivity index (χ4n) is 2.25. The predicted octanol–water partition coefficient (Wildman–Crippen LogP) is 0.391. The van der Waals surface area contributed by atoms with Crippen molar-refractivity contribution >= 4 is 17.6 Å². The Morgan fingerprint density at radius 3 is 1.26 bits per heavy atom. The Bertz CT molecular complexity index is 202. The van der Waals surface area contributed by atoms with Crippen LogP contribution < -0.4 is 5.73 Å². The maximum absolute atomic E-state index is 5.60. The number of hydrogen-bond acceptors (Lipinski definition) is 7. The molecule has 0 fully saturated rings. The van der Waals surface area contributed by atoms with Gasteiger partial charge in [-0.3, -0.25) is 0 Å². The van der Waals surface area contributed by atoms with Gasteiger partial charge in [0.05, 0.1) is 5.16 Å². The van der Waals surface area contributed by atoms with Gasteiger partial charge < -0.3 is 32.3 Å². The molecule has 0 saturated carbocycles. The minimum atomic E-state index is -2.95. The molecule has 0 rings (SSSR count). The van der Waals surface area contributed by atoms with Crippen LogP contribution in [-0.4, -0.2) is 66.8 Å². The van der Waals surface area contributed by atoms with Crippen molar-refractivity contribution in [3.63, 3.8) is 0 Å². The van der Waals surface area contributed by atoms with E-state index in [1.807, 2.05) is 0 Å². The van der Waals surface area contributed by atoms with Crippen LogP contribution in [0.25, 0.3) is 0 Å². The van der Waals surface area contributed by atoms with Gasteiger partial charge in [-0.2, -0.15) is 0 Å². The van der Waals surface area contributed by atoms with Gasteiger partial charge >= 0.3 is 17.6 Å². The van der Waals surface area contributed by atoms with E-state index in [9.17, 15) is 0 Å². The van der Waals surface area contributed by atoms with E-state index in [0.29, 0.717) is 13.0 Å². The molecule has 0 aliphatic rings. The quantitative estimate of drug-likeness (QED) is 0.553. The fraction of sp³-hybridized carbons (Fsp3) is 1.00. The van der Waals surface area contributed by atoms with E-state index >= 15 is 0 Å². The van der Waals surface area contributed by atoms with Crippen LogP contribution in [0.3, 0.4) is 0 Å². The van der Waals surface area contributed by atoms with E-state index in [2.05, 4.69) is 0 Å². The lowest BCUT2D eigenvalue weighted by Gasteiger charge is -2.39. The van der Waals surface area contributed by atoms with Gasteiger partial charge in [-0.25, -0.2) is 0 Å². The lowest BCUT2D eigenvalue weighted by Crippen LogP contribution is -2.62. The monoisotopic (exact) mass is 313 g/mol. The average molecular weight is 313 g/mol. The Kier molecular flexibility index (Phi) is 9.23. The highest BCUT2D eigenvalue weighted by Gasteiger charge is 2.63. The molecular formula is C10H27NO6Si2. The molecule has 0 aliphatic carbocycles. The highest BCUT2D eigenvalue weighted by Crippen LogP contribution is 2.38. The molecule has 0 saturated heterocycles. The van der Waals surface area contributed by atoms with E-state index in [-0.39, 0.29) is 5.16 Å². The summed E-state index contributed by atoms with van der Waals surface area (Å²) in [4.78, 5) is 0. The van der Waals surface area contributed by atoms with Crippen molar-refractivity contribution in [2.45, 2.75) is 18.0 Å². The van der Waals surface area contributed by atoms with E-state index in [1.54, 1.807) is 42.7 Å². The van der Waals surface area contributed by atoms with Gasteiger partial charge in [-0.1, -0.05) is 0 Å². The second-order valence-corrected chi connectivity index (χ2v) is 10.8. The van der Waals surface area contributed by atoms with E-state index in [1.165, 1.54) is 0 Å². The summed E-state index contributed by atoms with van der Waals surface area (Å²) in [5.74, 6) is 0. The lowest BCUT2D eigenvalue weighted by atomic mass is 10.3. The van der Waals surface area contributed by atoms with E-state index in [4.69, 9.17) is 32.3 Å². The average Bonchev–Trinajstić information content (AvgIpc) is 2.48. The largest absolute Gasteiger partial charge is 0.507 e. The third-order valence-electron chi connectivity index (χ3n) is 3.26. The standard InChI is InChI=1S/C10H27NO6Si2/c1-12-18(13-2,14-3)10(8-7-9-11)19(15-4,16-5)17-6/h10H,7-9,11H2,1-6H3. The summed E-state index contributed by atoms with van der Waals surface area (Å²) in [5.41, 5.74) is 5.60. The Balaban J connectivity index is 5.49. The Hall–Kier alpha value is 0.154. The molecule has 19 heavy (non-hydrogen) atoms. The van der Waals surface area contributed by atoms with Crippen molar-refractivity contribution < 1.29 is 26.6 Å². The van der Waals surface area contributed by atoms with Gasteiger partial charge in [0.15, 0.2) is 0 Å². The van der Waals surface area contributed by atoms with Crippen LogP contribution in [0.1, 0.15) is 12.8 Å². The van der Waals surface area contributed by atoms with Gasteiger partial charge in [-0.15, -0.1) is 0 Å². The molecule has 0 amide bonds. The van der Waals surface area contributed by atoms with Crippen molar-refractivity contribution in [2.75, 3.05) is 49.2 Å². The van der Waals surface area contributed by atoms with Crippen LogP contribution >= 0.6 is 0 Å². The Labute approximate surface area is 118 Å². The molecular weight excluding hydrogens is 286 g/mol. The maximum Gasteiger partial charge on any atom is 0.507 e. The first kappa shape index (κ1) is 19.2. The van der Waals surface area contributed by atoms with Crippen molar-refractivity contribution in [3.8, 4) is 0 Å². The predicted molar refractivity (Wildman–Crippen MR) is 75.6 cm³/mol. The second-order valence-electron chi connectivity index (χ2n) is 3.92. The lowest BCUT2D eigenvalue weighted by molar-refractivity contribution is 0.0781. The van der Waals surface area contributed by atoms with Gasteiger partial charge in [-0.05, 0) is 19.4 Å². The number of nitrogens with two attached hydrogens (primary N) is 1. The van der Waals surface area contributed by atoms with Crippen LogP contribution in [0.15, 0.2) is 0 Å². The van der Waals surface area contributed by atoms with Crippen molar-refractivity contribution in [1.82, 2.24) is 0 Å². The minimum absolute atomic E-state index is 0.219. The first-order valence-electron chi connectivity index (χ1n) is 6.07. The molecule has 9 heteroatoms. The van der Waals surface area contributed by atoms with Crippen molar-refractivity contribution in [2.24, 2.45) is 5.73 Å². The zero-order valence-corrected chi connectivity index (χ0v) is 14.7. The van der Waals surface area contributed by atoms with Gasteiger partial charge in [0.25, 0.3) is 0 Å². The Morgan fingerprint density at radius 1 is 0.737 bits per heavy atom. The molecule has 116 valence electrons. The van der Waals surface area contributed by atoms with Crippen molar-refractivity contribution in [3.05, 3.63) is 0 Å². The van der Waals surface area contributed by atoms with E-state index < -0.39 is 17.6 Å². The summed E-state index contributed by atoms with van der Waals surface area (Å²) in [7, 11) is 3.48. The molecule has 0 aromatic rings. The molecule has 0 bridgehead atoms. The minimum Gasteiger partial charge on any atom is -0.377 e. The summed E-state index contributed by atoms with van der Waals surface area (Å²) >= 11 is 0. The molecule has 7 nitrogen and oxygen atoms in total. The zero-order chi connectivity index (χ0) is 14.9. The van der Waals surface area contributed by atoms with Crippen LogP contribution in [0, 0.1) is 0 Å². The second kappa shape index (κ2) is 9.16. The summed E-state index contributed by atoms with van der Waals surface area (Å²) in [6.07, 6.45) is 1.47. The first-order chi connectivity index (χ1) is 9.06. The summed E-state index contributed by atoms with van der Waals surface area (Å²) in [6.45, 7) is 0.555. The van der Waals surface area contributed by atoms with Gasteiger partial charge in [0, 0.05) is 42.7 Å². The molecule has 0 unspecified atom stereocenters. The third-order valence-corrected chi connectivity index (χ3v) is 11.1. The highest BCUT2D eigenvalue weighted by molar-refractivity contribution is 6.82. The molecule has 0 aromatic heterocycles. The fourth-order valence-corrected chi connectivity index (χ4v) is 9.92. The van der Waals surface area contributed by atoms with Gasteiger partial charge in [0.1, 0.15) is 0 Å². The molecule has 2 N–H and O–H groups in total. The molecule has 0 atom stereocenters. The third kappa shape index (κ3) is 4.06. The maximum atomic E-state index is 5.60. The summed E-state index contributed by atoms with van der Waals surface area (Å²) in [5, 5.41) is -0.219. The summed E-state index contributed by atoms with van der Waals surface area (Å²) in [6, 6.07) is 0. The Morgan fingerprint density at radius 2 is 1.05 bits per heavy atom. The molecule has 0 aromatic carbocycles. The van der Waals surface area contributed by atoms with Gasteiger partial charge in [0.2, 0.25) is 0 Å². The van der Waals surface area contributed by atoms with Crippen LogP contribution in [0.2, 0.25) is 5.16 Å². The van der Waals surface area contributed by atoms with Crippen molar-refractivity contribution in [1.29, 1.82) is 0 Å². The SMILES string of the molecule is CO[Si](OC)(OC)C(CCCN)[Si](OC)(OC)OC.